The van der Waals surface area contributed by atoms with Crippen molar-refractivity contribution < 1.29 is 9.53 Å². The van der Waals surface area contributed by atoms with Crippen molar-refractivity contribution >= 4 is 22.9 Å². The van der Waals surface area contributed by atoms with E-state index < -0.39 is 6.10 Å². The zero-order valence-corrected chi connectivity index (χ0v) is 20.6. The molecule has 0 saturated heterocycles. The Kier molecular flexibility index (Phi) is 8.16. The number of benzene rings is 2. The summed E-state index contributed by atoms with van der Waals surface area (Å²) in [5, 5.41) is 3.09. The van der Waals surface area contributed by atoms with E-state index >= 15 is 0 Å². The predicted octanol–water partition coefficient (Wildman–Crippen LogP) is 7.73. The fraction of sp³-hybridized carbons (Fsp3) is 0.429. The van der Waals surface area contributed by atoms with Crippen molar-refractivity contribution in [2.75, 3.05) is 11.4 Å². The number of hydrogen-bond donors (Lipinski definition) is 0. The van der Waals surface area contributed by atoms with Crippen LogP contribution in [0.2, 0.25) is 0 Å². The normalized spacial score (nSPS) is 15.4. The van der Waals surface area contributed by atoms with E-state index in [1.807, 2.05) is 36.1 Å². The van der Waals surface area contributed by atoms with Crippen LogP contribution in [-0.2, 0) is 4.79 Å². The molecule has 174 valence electrons. The van der Waals surface area contributed by atoms with Crippen molar-refractivity contribution in [1.82, 2.24) is 4.98 Å². The van der Waals surface area contributed by atoms with E-state index in [1.54, 1.807) is 11.3 Å². The first-order valence-electron chi connectivity index (χ1n) is 12.3. The standard InChI is InChI=1S/C28H34N2O2S/c1-3-5-6-7-8-9-13-18-30-24-19-22(16-17-26(24)32-25(4-2)28(30)31)23-20-33-27(29-23)21-14-11-10-12-15-21/h10-12,14-17,19-20,25H,3-9,13,18H2,1-2H3. The summed E-state index contributed by atoms with van der Waals surface area (Å²) in [6.07, 6.45) is 8.90. The number of amides is 1. The molecule has 0 bridgehead atoms. The van der Waals surface area contributed by atoms with Crippen LogP contribution in [0.15, 0.2) is 53.9 Å². The second-order valence-corrected chi connectivity index (χ2v) is 9.57. The minimum atomic E-state index is -0.392. The first kappa shape index (κ1) is 23.5. The fourth-order valence-corrected chi connectivity index (χ4v) is 5.15. The molecule has 0 saturated carbocycles. The Morgan fingerprint density at radius 1 is 0.939 bits per heavy atom. The Morgan fingerprint density at radius 3 is 2.45 bits per heavy atom. The van der Waals surface area contributed by atoms with E-state index in [9.17, 15) is 4.79 Å². The Hall–Kier alpha value is -2.66. The maximum Gasteiger partial charge on any atom is 0.268 e. The zero-order valence-electron chi connectivity index (χ0n) is 19.8. The third-order valence-corrected chi connectivity index (χ3v) is 7.13. The maximum atomic E-state index is 13.1. The number of anilines is 1. The number of unbranched alkanes of at least 4 members (excludes halogenated alkanes) is 6. The smallest absolute Gasteiger partial charge is 0.268 e. The van der Waals surface area contributed by atoms with Crippen molar-refractivity contribution in [1.29, 1.82) is 0 Å². The summed E-state index contributed by atoms with van der Waals surface area (Å²) in [5.74, 6) is 0.878. The number of rotatable bonds is 11. The number of nitrogens with zero attached hydrogens (tertiary/aromatic N) is 2. The number of aromatic nitrogens is 1. The quantitative estimate of drug-likeness (QED) is 0.274. The van der Waals surface area contributed by atoms with Crippen LogP contribution >= 0.6 is 11.3 Å². The van der Waals surface area contributed by atoms with Gasteiger partial charge in [-0.15, -0.1) is 11.3 Å². The van der Waals surface area contributed by atoms with Crippen LogP contribution < -0.4 is 9.64 Å². The van der Waals surface area contributed by atoms with E-state index in [0.29, 0.717) is 6.42 Å². The minimum Gasteiger partial charge on any atom is -0.478 e. The molecule has 2 aromatic carbocycles. The molecule has 1 aliphatic heterocycles. The van der Waals surface area contributed by atoms with Crippen LogP contribution in [0.5, 0.6) is 5.75 Å². The van der Waals surface area contributed by atoms with Crippen LogP contribution in [0.4, 0.5) is 5.69 Å². The second kappa shape index (κ2) is 11.5. The number of ether oxygens (including phenoxy) is 1. The minimum absolute atomic E-state index is 0.0800. The maximum absolute atomic E-state index is 13.1. The molecule has 0 aliphatic carbocycles. The molecule has 1 aliphatic rings. The predicted molar refractivity (Wildman–Crippen MR) is 138 cm³/mol. The van der Waals surface area contributed by atoms with Gasteiger partial charge in [0.15, 0.2) is 6.10 Å². The van der Waals surface area contributed by atoms with Crippen molar-refractivity contribution in [3.63, 3.8) is 0 Å². The summed E-state index contributed by atoms with van der Waals surface area (Å²) in [6, 6.07) is 16.4. The van der Waals surface area contributed by atoms with Crippen LogP contribution in [0.25, 0.3) is 21.8 Å². The highest BCUT2D eigenvalue weighted by Crippen LogP contribution is 2.39. The summed E-state index contributed by atoms with van der Waals surface area (Å²) in [5.41, 5.74) is 3.95. The molecular formula is C28H34N2O2S. The second-order valence-electron chi connectivity index (χ2n) is 8.71. The molecule has 0 N–H and O–H groups in total. The van der Waals surface area contributed by atoms with Crippen LogP contribution in [-0.4, -0.2) is 23.5 Å². The van der Waals surface area contributed by atoms with Crippen molar-refractivity contribution in [3.8, 4) is 27.6 Å². The van der Waals surface area contributed by atoms with E-state index in [2.05, 4.69) is 36.6 Å². The Balaban J connectivity index is 1.51. The number of carbonyl (C=O) groups is 1. The fourth-order valence-electron chi connectivity index (χ4n) is 4.32. The molecule has 3 aromatic rings. The molecule has 4 rings (SSSR count). The lowest BCUT2D eigenvalue weighted by atomic mass is 10.1. The number of thiazole rings is 1. The Bertz CT molecular complexity index is 1050. The molecule has 1 amide bonds. The zero-order chi connectivity index (χ0) is 23.0. The van der Waals surface area contributed by atoms with Gasteiger partial charge < -0.3 is 9.64 Å². The van der Waals surface area contributed by atoms with E-state index in [1.165, 1.54) is 32.1 Å². The van der Waals surface area contributed by atoms with Gasteiger partial charge in [-0.1, -0.05) is 82.7 Å². The van der Waals surface area contributed by atoms with E-state index in [-0.39, 0.29) is 5.91 Å². The lowest BCUT2D eigenvalue weighted by Gasteiger charge is -2.34. The van der Waals surface area contributed by atoms with Gasteiger partial charge in [0.05, 0.1) is 11.4 Å². The van der Waals surface area contributed by atoms with Gasteiger partial charge in [0.25, 0.3) is 5.91 Å². The SMILES string of the molecule is CCCCCCCCCN1C(=O)C(CC)Oc2ccc(-c3csc(-c4ccccc4)n3)cc21. The van der Waals surface area contributed by atoms with Crippen molar-refractivity contribution in [2.24, 2.45) is 0 Å². The molecule has 1 aromatic heterocycles. The molecule has 1 unspecified atom stereocenters. The third-order valence-electron chi connectivity index (χ3n) is 6.24. The van der Waals surface area contributed by atoms with Gasteiger partial charge in [-0.2, -0.15) is 0 Å². The largest absolute Gasteiger partial charge is 0.478 e. The van der Waals surface area contributed by atoms with Gasteiger partial charge in [0.2, 0.25) is 0 Å². The van der Waals surface area contributed by atoms with Gasteiger partial charge in [-0.05, 0) is 31.0 Å². The van der Waals surface area contributed by atoms with E-state index in [0.717, 1.165) is 52.7 Å². The average molecular weight is 463 g/mol. The summed E-state index contributed by atoms with van der Waals surface area (Å²) < 4.78 is 6.05. The summed E-state index contributed by atoms with van der Waals surface area (Å²) >= 11 is 1.64. The Labute approximate surface area is 201 Å². The van der Waals surface area contributed by atoms with Gasteiger partial charge in [0, 0.05) is 23.1 Å². The molecule has 33 heavy (non-hydrogen) atoms. The first-order chi connectivity index (χ1) is 16.2. The topological polar surface area (TPSA) is 42.4 Å². The summed E-state index contributed by atoms with van der Waals surface area (Å²) in [7, 11) is 0. The van der Waals surface area contributed by atoms with E-state index in [4.69, 9.17) is 9.72 Å². The molecule has 4 nitrogen and oxygen atoms in total. The van der Waals surface area contributed by atoms with Crippen LogP contribution in [0.1, 0.15) is 65.2 Å². The molecule has 0 spiro atoms. The average Bonchev–Trinajstić information content (AvgIpc) is 3.35. The number of fused-ring (bicyclic) bond motifs is 1. The molecular weight excluding hydrogens is 428 g/mol. The lowest BCUT2D eigenvalue weighted by Crippen LogP contribution is -2.46. The number of carbonyl (C=O) groups excluding carboxylic acids is 1. The highest BCUT2D eigenvalue weighted by molar-refractivity contribution is 7.13. The third kappa shape index (κ3) is 5.64. The lowest BCUT2D eigenvalue weighted by molar-refractivity contribution is -0.126. The van der Waals surface area contributed by atoms with Gasteiger partial charge >= 0.3 is 0 Å². The summed E-state index contributed by atoms with van der Waals surface area (Å²) in [6.45, 7) is 5.00. The molecule has 0 fully saturated rings. The van der Waals surface area contributed by atoms with Crippen LogP contribution in [0, 0.1) is 0 Å². The van der Waals surface area contributed by atoms with Gasteiger partial charge in [-0.3, -0.25) is 4.79 Å². The summed E-state index contributed by atoms with van der Waals surface area (Å²) in [4.78, 5) is 20.0. The highest BCUT2D eigenvalue weighted by Gasteiger charge is 2.33. The number of hydrogen-bond acceptors (Lipinski definition) is 4. The van der Waals surface area contributed by atoms with Gasteiger partial charge in [-0.25, -0.2) is 4.98 Å². The van der Waals surface area contributed by atoms with Gasteiger partial charge in [0.1, 0.15) is 10.8 Å². The molecule has 1 atom stereocenters. The first-order valence-corrected chi connectivity index (χ1v) is 13.2. The van der Waals surface area contributed by atoms with Crippen molar-refractivity contribution in [2.45, 2.75) is 71.3 Å². The monoisotopic (exact) mass is 462 g/mol. The van der Waals surface area contributed by atoms with Crippen LogP contribution in [0.3, 0.4) is 0 Å². The highest BCUT2D eigenvalue weighted by atomic mass is 32.1. The van der Waals surface area contributed by atoms with Crippen molar-refractivity contribution in [3.05, 3.63) is 53.9 Å². The molecule has 5 heteroatoms. The molecule has 0 radical (unpaired) electrons. The Morgan fingerprint density at radius 2 is 1.70 bits per heavy atom. The molecule has 2 heterocycles.